The number of rotatable bonds is 2. The summed E-state index contributed by atoms with van der Waals surface area (Å²) in [4.78, 5) is 4.58. The fourth-order valence-electron chi connectivity index (χ4n) is 2.10. The Morgan fingerprint density at radius 2 is 2.27 bits per heavy atom. The monoisotopic (exact) mass is 204 g/mol. The molecule has 1 aliphatic rings. The first-order chi connectivity index (χ1) is 7.29. The van der Waals surface area contributed by atoms with Crippen LogP contribution >= 0.6 is 0 Å². The lowest BCUT2D eigenvalue weighted by Gasteiger charge is -2.03. The Labute approximate surface area is 87.7 Å². The highest BCUT2D eigenvalue weighted by Gasteiger charge is 2.29. The Morgan fingerprint density at radius 3 is 2.93 bits per heavy atom. The number of hydrogen-bond acceptors (Lipinski definition) is 1. The maximum absolute atomic E-state index is 13.1. The fourth-order valence-corrected chi connectivity index (χ4v) is 2.10. The van der Waals surface area contributed by atoms with Gasteiger partial charge in [0, 0.05) is 12.5 Å². The summed E-state index contributed by atoms with van der Waals surface area (Å²) >= 11 is 0. The largest absolute Gasteiger partial charge is 0.328 e. The van der Waals surface area contributed by atoms with Crippen LogP contribution < -0.4 is 0 Å². The smallest absolute Gasteiger partial charge is 0.125 e. The predicted molar refractivity (Wildman–Crippen MR) is 57.3 cm³/mol. The molecule has 0 atom stereocenters. The van der Waals surface area contributed by atoms with E-state index in [0.29, 0.717) is 5.92 Å². The van der Waals surface area contributed by atoms with Crippen molar-refractivity contribution in [3.63, 3.8) is 0 Å². The summed E-state index contributed by atoms with van der Waals surface area (Å²) in [5, 5.41) is 0. The van der Waals surface area contributed by atoms with Crippen molar-refractivity contribution >= 4 is 11.0 Å². The van der Waals surface area contributed by atoms with Crippen LogP contribution in [0.2, 0.25) is 0 Å². The molecule has 0 radical (unpaired) electrons. The van der Waals surface area contributed by atoms with Gasteiger partial charge in [0.2, 0.25) is 0 Å². The van der Waals surface area contributed by atoms with Crippen LogP contribution in [-0.4, -0.2) is 9.55 Å². The van der Waals surface area contributed by atoms with E-state index < -0.39 is 0 Å². The lowest BCUT2D eigenvalue weighted by Crippen LogP contribution is -1.99. The second-order valence-electron chi connectivity index (χ2n) is 4.12. The molecule has 1 aromatic carbocycles. The topological polar surface area (TPSA) is 17.8 Å². The van der Waals surface area contributed by atoms with E-state index in [1.807, 2.05) is 0 Å². The first-order valence-corrected chi connectivity index (χ1v) is 5.45. The van der Waals surface area contributed by atoms with Crippen molar-refractivity contribution in [3.05, 3.63) is 29.8 Å². The third-order valence-electron chi connectivity index (χ3n) is 3.00. The lowest BCUT2D eigenvalue weighted by molar-refractivity contribution is 0.627. The predicted octanol–water partition coefficient (Wildman–Crippen LogP) is 3.07. The van der Waals surface area contributed by atoms with Crippen LogP contribution in [0.5, 0.6) is 0 Å². The first kappa shape index (κ1) is 8.89. The standard InChI is InChI=1S/C12H13FN2/c1-2-15-11-7-9(13)5-6-10(11)14-12(15)8-3-4-8/h5-8H,2-4H2,1H3. The summed E-state index contributed by atoms with van der Waals surface area (Å²) in [5.74, 6) is 1.57. The van der Waals surface area contributed by atoms with E-state index in [1.54, 1.807) is 12.1 Å². The van der Waals surface area contributed by atoms with Crippen molar-refractivity contribution < 1.29 is 4.39 Å². The van der Waals surface area contributed by atoms with Gasteiger partial charge >= 0.3 is 0 Å². The van der Waals surface area contributed by atoms with Gasteiger partial charge in [0.05, 0.1) is 11.0 Å². The van der Waals surface area contributed by atoms with E-state index in [1.165, 1.54) is 18.9 Å². The van der Waals surface area contributed by atoms with Gasteiger partial charge in [-0.25, -0.2) is 9.37 Å². The summed E-state index contributed by atoms with van der Waals surface area (Å²) in [6, 6.07) is 4.83. The zero-order valence-electron chi connectivity index (χ0n) is 8.70. The molecule has 2 aromatic rings. The summed E-state index contributed by atoms with van der Waals surface area (Å²) < 4.78 is 15.3. The molecule has 0 bridgehead atoms. The van der Waals surface area contributed by atoms with Gasteiger partial charge in [-0.15, -0.1) is 0 Å². The number of imidazole rings is 1. The van der Waals surface area contributed by atoms with Crippen LogP contribution in [0, 0.1) is 5.82 Å². The Morgan fingerprint density at radius 1 is 1.47 bits per heavy atom. The van der Waals surface area contributed by atoms with Gasteiger partial charge in [-0.1, -0.05) is 0 Å². The molecule has 0 aliphatic heterocycles. The molecule has 15 heavy (non-hydrogen) atoms. The van der Waals surface area contributed by atoms with Crippen molar-refractivity contribution in [1.82, 2.24) is 9.55 Å². The highest BCUT2D eigenvalue weighted by atomic mass is 19.1. The zero-order valence-corrected chi connectivity index (χ0v) is 8.70. The molecule has 1 heterocycles. The Hall–Kier alpha value is -1.38. The molecule has 0 unspecified atom stereocenters. The molecule has 3 rings (SSSR count). The molecule has 1 fully saturated rings. The van der Waals surface area contributed by atoms with Crippen LogP contribution in [0.4, 0.5) is 4.39 Å². The van der Waals surface area contributed by atoms with E-state index in [4.69, 9.17) is 0 Å². The average Bonchev–Trinajstić information content (AvgIpc) is 3.00. The highest BCUT2D eigenvalue weighted by Crippen LogP contribution is 2.40. The van der Waals surface area contributed by atoms with E-state index >= 15 is 0 Å². The van der Waals surface area contributed by atoms with Gasteiger partial charge < -0.3 is 4.57 Å². The Kier molecular flexibility index (Phi) is 1.81. The molecule has 2 nitrogen and oxygen atoms in total. The van der Waals surface area contributed by atoms with Gasteiger partial charge in [-0.05, 0) is 38.0 Å². The van der Waals surface area contributed by atoms with Crippen molar-refractivity contribution in [2.75, 3.05) is 0 Å². The van der Waals surface area contributed by atoms with Crippen molar-refractivity contribution in [1.29, 1.82) is 0 Å². The minimum Gasteiger partial charge on any atom is -0.328 e. The average molecular weight is 204 g/mol. The molecule has 0 spiro atoms. The molecule has 0 amide bonds. The number of fused-ring (bicyclic) bond motifs is 1. The summed E-state index contributed by atoms with van der Waals surface area (Å²) in [6.07, 6.45) is 2.46. The fraction of sp³-hybridized carbons (Fsp3) is 0.417. The SMILES string of the molecule is CCn1c(C2CC2)nc2ccc(F)cc21. The van der Waals surface area contributed by atoms with E-state index in [0.717, 1.165) is 23.4 Å². The number of aromatic nitrogens is 2. The molecule has 78 valence electrons. The maximum atomic E-state index is 13.1. The molecule has 3 heteroatoms. The molecular weight excluding hydrogens is 191 g/mol. The Bertz CT molecular complexity index is 512. The van der Waals surface area contributed by atoms with Crippen LogP contribution in [-0.2, 0) is 6.54 Å². The van der Waals surface area contributed by atoms with Gasteiger partial charge in [0.25, 0.3) is 0 Å². The summed E-state index contributed by atoms with van der Waals surface area (Å²) in [7, 11) is 0. The van der Waals surface area contributed by atoms with E-state index in [2.05, 4.69) is 16.5 Å². The van der Waals surface area contributed by atoms with Gasteiger partial charge in [0.1, 0.15) is 11.6 Å². The second kappa shape index (κ2) is 3.05. The third-order valence-corrected chi connectivity index (χ3v) is 3.00. The number of hydrogen-bond donors (Lipinski definition) is 0. The van der Waals surface area contributed by atoms with E-state index in [-0.39, 0.29) is 5.82 Å². The minimum atomic E-state index is -0.181. The van der Waals surface area contributed by atoms with Crippen LogP contribution in [0.3, 0.4) is 0 Å². The molecule has 0 saturated heterocycles. The lowest BCUT2D eigenvalue weighted by atomic mass is 10.3. The number of aryl methyl sites for hydroxylation is 1. The molecule has 1 aliphatic carbocycles. The highest BCUT2D eigenvalue weighted by molar-refractivity contribution is 5.76. The van der Waals surface area contributed by atoms with Gasteiger partial charge in [0.15, 0.2) is 0 Å². The molecule has 0 N–H and O–H groups in total. The van der Waals surface area contributed by atoms with Crippen molar-refractivity contribution in [3.8, 4) is 0 Å². The third kappa shape index (κ3) is 1.34. The number of benzene rings is 1. The van der Waals surface area contributed by atoms with Gasteiger partial charge in [-0.3, -0.25) is 0 Å². The zero-order chi connectivity index (χ0) is 10.4. The number of nitrogens with zero attached hydrogens (tertiary/aromatic N) is 2. The van der Waals surface area contributed by atoms with Crippen molar-refractivity contribution in [2.45, 2.75) is 32.2 Å². The van der Waals surface area contributed by atoms with Crippen LogP contribution in [0.1, 0.15) is 31.5 Å². The summed E-state index contributed by atoms with van der Waals surface area (Å²) in [6.45, 7) is 2.95. The summed E-state index contributed by atoms with van der Waals surface area (Å²) in [5.41, 5.74) is 1.85. The normalized spacial score (nSPS) is 16.1. The van der Waals surface area contributed by atoms with Gasteiger partial charge in [-0.2, -0.15) is 0 Å². The van der Waals surface area contributed by atoms with Crippen LogP contribution in [0.25, 0.3) is 11.0 Å². The first-order valence-electron chi connectivity index (χ1n) is 5.45. The molecular formula is C12H13FN2. The van der Waals surface area contributed by atoms with E-state index in [9.17, 15) is 4.39 Å². The maximum Gasteiger partial charge on any atom is 0.125 e. The molecule has 1 aromatic heterocycles. The Balaban J connectivity index is 2.27. The quantitative estimate of drug-likeness (QED) is 0.735. The second-order valence-corrected chi connectivity index (χ2v) is 4.12. The molecule has 1 saturated carbocycles. The van der Waals surface area contributed by atoms with Crippen LogP contribution in [0.15, 0.2) is 18.2 Å². The van der Waals surface area contributed by atoms with Crippen molar-refractivity contribution in [2.24, 2.45) is 0 Å². The number of halogens is 1. The minimum absolute atomic E-state index is 0.181.